The van der Waals surface area contributed by atoms with E-state index >= 15 is 0 Å². The molecule has 1 atom stereocenters. The molecule has 0 aliphatic carbocycles. The summed E-state index contributed by atoms with van der Waals surface area (Å²) in [5, 5.41) is 17.0. The van der Waals surface area contributed by atoms with Crippen LogP contribution in [0.4, 0.5) is 24.5 Å². The fourth-order valence-electron chi connectivity index (χ4n) is 4.82. The van der Waals surface area contributed by atoms with Crippen LogP contribution in [0.3, 0.4) is 0 Å². The van der Waals surface area contributed by atoms with E-state index in [1.165, 1.54) is 38.0 Å². The number of methoxy groups -OCH3 is 1. The summed E-state index contributed by atoms with van der Waals surface area (Å²) in [6, 6.07) is 14.6. The number of fused-ring (bicyclic) bond motifs is 1. The van der Waals surface area contributed by atoms with E-state index in [-0.39, 0.29) is 6.54 Å². The van der Waals surface area contributed by atoms with Gasteiger partial charge >= 0.3 is 12.3 Å². The number of nitrogens with zero attached hydrogens (tertiary/aromatic N) is 2. The first kappa shape index (κ1) is 33.4. The van der Waals surface area contributed by atoms with Gasteiger partial charge in [-0.25, -0.2) is 4.79 Å². The third-order valence-electron chi connectivity index (χ3n) is 7.29. The third kappa shape index (κ3) is 7.80. The lowest BCUT2D eigenvalue weighted by molar-refractivity contribution is -0.274. The number of rotatable bonds is 10. The Morgan fingerprint density at radius 3 is 2.31 bits per heavy atom. The molecule has 9 nitrogen and oxygen atoms in total. The SMILES string of the molecule is COc1cc(NC(C(=O)N2CC(C)(C)c3ccc(OC(F)(F)F)cc32)c2ccc(Cl)cc2)cc(C(C)=NOC(C)(C)C(=O)O)c1. The molecule has 0 saturated carbocycles. The molecule has 0 saturated heterocycles. The number of alkyl halides is 3. The Bertz CT molecular complexity index is 1620. The highest BCUT2D eigenvalue weighted by Gasteiger charge is 2.41. The van der Waals surface area contributed by atoms with Gasteiger partial charge in [0.25, 0.3) is 5.91 Å². The molecule has 240 valence electrons. The molecule has 0 fully saturated rings. The molecular formula is C32H33ClF3N3O6. The van der Waals surface area contributed by atoms with Crippen molar-refractivity contribution in [2.75, 3.05) is 23.9 Å². The fourth-order valence-corrected chi connectivity index (χ4v) is 4.94. The highest BCUT2D eigenvalue weighted by Crippen LogP contribution is 2.44. The summed E-state index contributed by atoms with van der Waals surface area (Å²) < 4.78 is 48.8. The Hall–Kier alpha value is -4.45. The van der Waals surface area contributed by atoms with E-state index in [1.54, 1.807) is 55.5 Å². The van der Waals surface area contributed by atoms with Crippen molar-refractivity contribution < 1.29 is 42.2 Å². The number of amides is 1. The van der Waals surface area contributed by atoms with Crippen LogP contribution in [-0.2, 0) is 19.8 Å². The molecule has 1 aliphatic rings. The van der Waals surface area contributed by atoms with Gasteiger partial charge in [0.2, 0.25) is 5.60 Å². The van der Waals surface area contributed by atoms with Crippen LogP contribution in [0.15, 0.2) is 65.8 Å². The van der Waals surface area contributed by atoms with E-state index in [0.717, 1.165) is 0 Å². The standard InChI is InChI=1S/C32H33ClF3N3O6/c1-18(38-45-31(4,5)29(41)42)20-13-22(15-24(14-20)43-6)37-27(19-7-9-21(33)10-8-19)28(40)39-17-30(2,3)25-12-11-23(16-26(25)39)44-32(34,35)36/h7-16,27,37H,17H2,1-6H3,(H,41,42). The monoisotopic (exact) mass is 647 g/mol. The van der Waals surface area contributed by atoms with E-state index in [1.807, 2.05) is 13.8 Å². The number of carboxylic acids is 1. The summed E-state index contributed by atoms with van der Waals surface area (Å²) in [5.41, 5.74) is 0.706. The van der Waals surface area contributed by atoms with E-state index in [9.17, 15) is 27.9 Å². The Balaban J connectivity index is 1.75. The molecular weight excluding hydrogens is 615 g/mol. The highest BCUT2D eigenvalue weighted by molar-refractivity contribution is 6.30. The van der Waals surface area contributed by atoms with Gasteiger partial charge in [0, 0.05) is 40.4 Å². The van der Waals surface area contributed by atoms with Crippen molar-refractivity contribution in [3.8, 4) is 11.5 Å². The Kier molecular flexibility index (Phi) is 9.30. The Morgan fingerprint density at radius 2 is 1.71 bits per heavy atom. The van der Waals surface area contributed by atoms with Gasteiger partial charge in [-0.1, -0.05) is 48.8 Å². The number of halogens is 4. The van der Waals surface area contributed by atoms with E-state index in [2.05, 4.69) is 15.2 Å². The number of benzene rings is 3. The molecule has 3 aromatic carbocycles. The van der Waals surface area contributed by atoms with Gasteiger partial charge in [-0.05, 0) is 62.2 Å². The van der Waals surface area contributed by atoms with Gasteiger partial charge in [0.05, 0.1) is 18.5 Å². The van der Waals surface area contributed by atoms with Crippen molar-refractivity contribution in [2.24, 2.45) is 5.16 Å². The van der Waals surface area contributed by atoms with Crippen LogP contribution in [-0.4, -0.2) is 48.3 Å². The van der Waals surface area contributed by atoms with Crippen molar-refractivity contribution in [1.82, 2.24) is 0 Å². The summed E-state index contributed by atoms with van der Waals surface area (Å²) in [6.45, 7) is 8.36. The Morgan fingerprint density at radius 1 is 1.04 bits per heavy atom. The molecule has 1 aliphatic heterocycles. The average Bonchev–Trinajstić information content (AvgIpc) is 3.23. The minimum absolute atomic E-state index is 0.203. The molecule has 0 bridgehead atoms. The number of carboxylic acid groups (broad SMARTS) is 1. The first-order chi connectivity index (χ1) is 20.9. The summed E-state index contributed by atoms with van der Waals surface area (Å²) in [5.74, 6) is -1.66. The van der Waals surface area contributed by atoms with Crippen LogP contribution >= 0.6 is 11.6 Å². The maximum atomic E-state index is 14.4. The van der Waals surface area contributed by atoms with Crippen molar-refractivity contribution in [3.05, 3.63) is 82.4 Å². The second kappa shape index (κ2) is 12.5. The molecule has 1 amide bonds. The molecule has 0 radical (unpaired) electrons. The van der Waals surface area contributed by atoms with E-state index in [0.29, 0.717) is 44.5 Å². The van der Waals surface area contributed by atoms with E-state index < -0.39 is 41.0 Å². The largest absolute Gasteiger partial charge is 0.573 e. The second-order valence-corrected chi connectivity index (χ2v) is 12.1. The lowest BCUT2D eigenvalue weighted by Gasteiger charge is -2.27. The number of carbonyl (C=O) groups is 2. The molecule has 45 heavy (non-hydrogen) atoms. The first-order valence-electron chi connectivity index (χ1n) is 13.8. The van der Waals surface area contributed by atoms with E-state index in [4.69, 9.17) is 21.2 Å². The van der Waals surface area contributed by atoms with Crippen LogP contribution in [0.2, 0.25) is 5.02 Å². The molecule has 2 N–H and O–H groups in total. The van der Waals surface area contributed by atoms with Crippen molar-refractivity contribution in [1.29, 1.82) is 0 Å². The zero-order valence-electron chi connectivity index (χ0n) is 25.5. The minimum Gasteiger partial charge on any atom is -0.497 e. The molecule has 13 heteroatoms. The number of carbonyl (C=O) groups excluding carboxylic acids is 1. The smallest absolute Gasteiger partial charge is 0.497 e. The summed E-state index contributed by atoms with van der Waals surface area (Å²) in [6.07, 6.45) is -4.90. The molecule has 4 rings (SSSR count). The van der Waals surface area contributed by atoms with Gasteiger partial charge in [0.1, 0.15) is 17.5 Å². The van der Waals surface area contributed by atoms with Crippen molar-refractivity contribution in [2.45, 2.75) is 58.0 Å². The predicted molar refractivity (Wildman–Crippen MR) is 164 cm³/mol. The fraction of sp³-hybridized carbons (Fsp3) is 0.344. The van der Waals surface area contributed by atoms with Crippen LogP contribution in [0, 0.1) is 0 Å². The zero-order chi connectivity index (χ0) is 33.3. The van der Waals surface area contributed by atoms with Crippen LogP contribution in [0.25, 0.3) is 0 Å². The zero-order valence-corrected chi connectivity index (χ0v) is 26.2. The van der Waals surface area contributed by atoms with Crippen LogP contribution in [0.5, 0.6) is 11.5 Å². The minimum atomic E-state index is -4.90. The molecule has 0 aromatic heterocycles. The number of hydrogen-bond donors (Lipinski definition) is 2. The molecule has 3 aromatic rings. The number of nitrogens with one attached hydrogen (secondary N) is 1. The van der Waals surface area contributed by atoms with Crippen molar-refractivity contribution >= 4 is 40.6 Å². The van der Waals surface area contributed by atoms with Gasteiger partial charge in [-0.3, -0.25) is 4.79 Å². The number of anilines is 2. The van der Waals surface area contributed by atoms with Gasteiger partial charge in [-0.2, -0.15) is 0 Å². The third-order valence-corrected chi connectivity index (χ3v) is 7.54. The maximum Gasteiger partial charge on any atom is 0.573 e. The number of hydrogen-bond acceptors (Lipinski definition) is 7. The van der Waals surface area contributed by atoms with Gasteiger partial charge in [-0.15, -0.1) is 13.2 Å². The number of aliphatic carboxylic acids is 1. The highest BCUT2D eigenvalue weighted by atomic mass is 35.5. The summed E-state index contributed by atoms with van der Waals surface area (Å²) in [4.78, 5) is 32.5. The normalized spacial score (nSPS) is 15.2. The second-order valence-electron chi connectivity index (χ2n) is 11.7. The van der Waals surface area contributed by atoms with Crippen LogP contribution < -0.4 is 19.7 Å². The lowest BCUT2D eigenvalue weighted by atomic mass is 9.87. The molecule has 0 spiro atoms. The maximum absolute atomic E-state index is 14.4. The topological polar surface area (TPSA) is 110 Å². The lowest BCUT2D eigenvalue weighted by Crippen LogP contribution is -2.39. The van der Waals surface area contributed by atoms with Gasteiger partial charge in [0.15, 0.2) is 0 Å². The Labute approximate surface area is 263 Å². The van der Waals surface area contributed by atoms with Gasteiger partial charge < -0.3 is 29.6 Å². The summed E-state index contributed by atoms with van der Waals surface area (Å²) in [7, 11) is 1.46. The van der Waals surface area contributed by atoms with Crippen molar-refractivity contribution in [3.63, 3.8) is 0 Å². The quantitative estimate of drug-likeness (QED) is 0.175. The van der Waals surface area contributed by atoms with Crippen LogP contribution in [0.1, 0.15) is 57.4 Å². The average molecular weight is 648 g/mol. The predicted octanol–water partition coefficient (Wildman–Crippen LogP) is 7.33. The first-order valence-corrected chi connectivity index (χ1v) is 14.2. The molecule has 1 unspecified atom stereocenters. The number of ether oxygens (including phenoxy) is 2. The number of oxime groups is 1. The summed E-state index contributed by atoms with van der Waals surface area (Å²) >= 11 is 6.13. The molecule has 1 heterocycles.